The summed E-state index contributed by atoms with van der Waals surface area (Å²) in [4.78, 5) is 11.4. The first-order valence-corrected chi connectivity index (χ1v) is 10.6. The van der Waals surface area contributed by atoms with Crippen LogP contribution in [0.15, 0.2) is 29.3 Å². The van der Waals surface area contributed by atoms with Crippen molar-refractivity contribution in [1.29, 1.82) is 0 Å². The second kappa shape index (κ2) is 9.90. The van der Waals surface area contributed by atoms with E-state index in [0.717, 1.165) is 63.3 Å². The molecule has 2 aliphatic rings. The maximum absolute atomic E-state index is 5.50. The summed E-state index contributed by atoms with van der Waals surface area (Å²) in [7, 11) is 3.47. The minimum absolute atomic E-state index is 0.260. The molecule has 0 spiro atoms. The van der Waals surface area contributed by atoms with Gasteiger partial charge in [0, 0.05) is 51.9 Å². The maximum atomic E-state index is 5.50. The highest BCUT2D eigenvalue weighted by molar-refractivity contribution is 5.80. The Morgan fingerprint density at radius 1 is 1.30 bits per heavy atom. The molecular formula is C21H31N7O2. The van der Waals surface area contributed by atoms with E-state index in [-0.39, 0.29) is 6.04 Å². The average molecular weight is 414 g/mol. The lowest BCUT2D eigenvalue weighted by Gasteiger charge is -2.31. The fourth-order valence-electron chi connectivity index (χ4n) is 4.01. The Morgan fingerprint density at radius 2 is 2.13 bits per heavy atom. The van der Waals surface area contributed by atoms with Gasteiger partial charge in [0.05, 0.1) is 19.8 Å². The van der Waals surface area contributed by atoms with Gasteiger partial charge in [0.1, 0.15) is 12.4 Å². The number of aromatic nitrogens is 3. The summed E-state index contributed by atoms with van der Waals surface area (Å²) in [5.74, 6) is 2.58. The number of nitrogens with zero attached hydrogens (tertiary/aromatic N) is 5. The number of morpholine rings is 1. The maximum Gasteiger partial charge on any atom is 0.191 e. The van der Waals surface area contributed by atoms with Crippen LogP contribution in [0.25, 0.3) is 0 Å². The topological polar surface area (TPSA) is 88.8 Å². The number of anilines is 1. The zero-order valence-corrected chi connectivity index (χ0v) is 17.8. The molecule has 4 rings (SSSR count). The van der Waals surface area contributed by atoms with Crippen molar-refractivity contribution in [3.63, 3.8) is 0 Å². The largest absolute Gasteiger partial charge is 0.378 e. The summed E-state index contributed by atoms with van der Waals surface area (Å²) >= 11 is 0. The van der Waals surface area contributed by atoms with Gasteiger partial charge in [0.25, 0.3) is 0 Å². The highest BCUT2D eigenvalue weighted by atomic mass is 16.5. The summed E-state index contributed by atoms with van der Waals surface area (Å²) in [6.45, 7) is 5.36. The zero-order valence-electron chi connectivity index (χ0n) is 17.8. The normalized spacial score (nSPS) is 19.5. The van der Waals surface area contributed by atoms with Crippen LogP contribution < -0.4 is 15.5 Å². The highest BCUT2D eigenvalue weighted by Crippen LogP contribution is 2.21. The van der Waals surface area contributed by atoms with Crippen molar-refractivity contribution < 1.29 is 9.47 Å². The van der Waals surface area contributed by atoms with E-state index in [2.05, 4.69) is 54.9 Å². The van der Waals surface area contributed by atoms with Gasteiger partial charge < -0.3 is 25.0 Å². The number of fused-ring (bicyclic) bond motifs is 1. The number of rotatable bonds is 6. The second-order valence-electron chi connectivity index (χ2n) is 7.59. The minimum atomic E-state index is 0.260. The number of nitrogens with one attached hydrogen (secondary N) is 2. The molecule has 1 atom stereocenters. The van der Waals surface area contributed by atoms with Crippen LogP contribution >= 0.6 is 0 Å². The molecule has 2 aromatic rings. The molecule has 0 amide bonds. The molecule has 0 bridgehead atoms. The highest BCUT2D eigenvalue weighted by Gasteiger charge is 2.22. The van der Waals surface area contributed by atoms with Crippen LogP contribution in [0.5, 0.6) is 0 Å². The van der Waals surface area contributed by atoms with E-state index in [4.69, 9.17) is 9.47 Å². The number of aryl methyl sites for hydroxylation is 1. The number of ether oxygens (including phenoxy) is 2. The van der Waals surface area contributed by atoms with Gasteiger partial charge in [-0.25, -0.2) is 9.67 Å². The van der Waals surface area contributed by atoms with Crippen molar-refractivity contribution >= 4 is 11.6 Å². The van der Waals surface area contributed by atoms with E-state index in [9.17, 15) is 0 Å². The predicted molar refractivity (Wildman–Crippen MR) is 116 cm³/mol. The molecular weight excluding hydrogens is 382 g/mol. The second-order valence-corrected chi connectivity index (χ2v) is 7.59. The van der Waals surface area contributed by atoms with Gasteiger partial charge in [-0.3, -0.25) is 4.99 Å². The smallest absolute Gasteiger partial charge is 0.191 e. The molecule has 3 heterocycles. The van der Waals surface area contributed by atoms with Crippen molar-refractivity contribution in [2.24, 2.45) is 4.99 Å². The summed E-state index contributed by atoms with van der Waals surface area (Å²) < 4.78 is 12.6. The number of benzene rings is 1. The predicted octanol–water partition coefficient (Wildman–Crippen LogP) is 0.941. The summed E-state index contributed by atoms with van der Waals surface area (Å²) in [6.07, 6.45) is 1.89. The van der Waals surface area contributed by atoms with E-state index in [1.165, 1.54) is 11.3 Å². The fourth-order valence-corrected chi connectivity index (χ4v) is 4.01. The van der Waals surface area contributed by atoms with Gasteiger partial charge in [0.15, 0.2) is 11.8 Å². The van der Waals surface area contributed by atoms with Crippen LogP contribution in [0.2, 0.25) is 0 Å². The van der Waals surface area contributed by atoms with Crippen LogP contribution in [0.4, 0.5) is 5.69 Å². The molecule has 1 aromatic carbocycles. The third kappa shape index (κ3) is 4.91. The Hall–Kier alpha value is -2.65. The molecule has 9 nitrogen and oxygen atoms in total. The minimum Gasteiger partial charge on any atom is -0.378 e. The summed E-state index contributed by atoms with van der Waals surface area (Å²) in [5.41, 5.74) is 2.52. The molecule has 0 saturated carbocycles. The first-order valence-electron chi connectivity index (χ1n) is 10.6. The molecule has 1 unspecified atom stereocenters. The van der Waals surface area contributed by atoms with E-state index in [1.54, 1.807) is 7.11 Å². The van der Waals surface area contributed by atoms with E-state index in [1.807, 2.05) is 11.7 Å². The van der Waals surface area contributed by atoms with Crippen molar-refractivity contribution in [1.82, 2.24) is 25.4 Å². The number of para-hydroxylation sites is 1. The molecule has 1 aromatic heterocycles. The third-order valence-electron chi connectivity index (χ3n) is 5.53. The number of methoxy groups -OCH3 is 1. The van der Waals surface area contributed by atoms with Crippen LogP contribution in [0, 0.1) is 0 Å². The number of hydrogen-bond acceptors (Lipinski definition) is 6. The van der Waals surface area contributed by atoms with Gasteiger partial charge in [-0.15, -0.1) is 0 Å². The van der Waals surface area contributed by atoms with Crippen LogP contribution in [0.3, 0.4) is 0 Å². The molecule has 30 heavy (non-hydrogen) atoms. The van der Waals surface area contributed by atoms with Gasteiger partial charge in [-0.1, -0.05) is 18.2 Å². The molecule has 9 heteroatoms. The van der Waals surface area contributed by atoms with Crippen molar-refractivity contribution in [3.05, 3.63) is 41.5 Å². The standard InChI is InChI=1S/C21H31N7O2/c1-22-21(24-17-7-8-20-25-19(15-29-2)26-28(20)14-17)23-13-16-5-3-4-6-18(16)27-9-11-30-12-10-27/h3-6,17H,7-15H2,1-2H3,(H2,22,23,24). The van der Waals surface area contributed by atoms with Crippen LogP contribution in [-0.4, -0.2) is 67.2 Å². The average Bonchev–Trinajstić information content (AvgIpc) is 3.19. The SMILES string of the molecule is CN=C(NCc1ccccc1N1CCOCC1)NC1CCc2nc(COC)nn2C1. The lowest BCUT2D eigenvalue weighted by molar-refractivity contribution is 0.122. The van der Waals surface area contributed by atoms with Gasteiger partial charge >= 0.3 is 0 Å². The lowest BCUT2D eigenvalue weighted by atomic mass is 10.1. The van der Waals surface area contributed by atoms with Crippen LogP contribution in [-0.2, 0) is 35.6 Å². The van der Waals surface area contributed by atoms with Gasteiger partial charge in [-0.2, -0.15) is 5.10 Å². The molecule has 2 N–H and O–H groups in total. The van der Waals surface area contributed by atoms with E-state index < -0.39 is 0 Å². The van der Waals surface area contributed by atoms with E-state index in [0.29, 0.717) is 13.2 Å². The molecule has 1 saturated heterocycles. The lowest BCUT2D eigenvalue weighted by Crippen LogP contribution is -2.47. The number of hydrogen-bond donors (Lipinski definition) is 2. The first-order chi connectivity index (χ1) is 14.8. The van der Waals surface area contributed by atoms with Crippen molar-refractivity contribution in [3.8, 4) is 0 Å². The molecule has 2 aliphatic heterocycles. The van der Waals surface area contributed by atoms with Gasteiger partial charge in [0.2, 0.25) is 0 Å². The Bertz CT molecular complexity index is 861. The Labute approximate surface area is 177 Å². The molecule has 0 radical (unpaired) electrons. The summed E-state index contributed by atoms with van der Waals surface area (Å²) in [6, 6.07) is 8.79. The van der Waals surface area contributed by atoms with E-state index >= 15 is 0 Å². The number of aliphatic imine (C=N–C) groups is 1. The molecule has 1 fully saturated rings. The van der Waals surface area contributed by atoms with Crippen molar-refractivity contribution in [2.45, 2.75) is 38.6 Å². The van der Waals surface area contributed by atoms with Crippen molar-refractivity contribution in [2.75, 3.05) is 45.4 Å². The third-order valence-corrected chi connectivity index (χ3v) is 5.53. The molecule has 0 aliphatic carbocycles. The Balaban J connectivity index is 1.35. The Morgan fingerprint density at radius 3 is 2.93 bits per heavy atom. The Kier molecular flexibility index (Phi) is 6.81. The van der Waals surface area contributed by atoms with Crippen LogP contribution in [0.1, 0.15) is 23.6 Å². The summed E-state index contributed by atoms with van der Waals surface area (Å²) in [5, 5.41) is 11.6. The zero-order chi connectivity index (χ0) is 20.8. The molecule has 162 valence electrons. The number of guanidine groups is 1. The monoisotopic (exact) mass is 413 g/mol. The quantitative estimate of drug-likeness (QED) is 0.538. The first kappa shape index (κ1) is 20.6. The fraction of sp³-hybridized carbons (Fsp3) is 0.571. The van der Waals surface area contributed by atoms with Gasteiger partial charge in [-0.05, 0) is 18.1 Å².